The molecule has 10 heteroatoms. The van der Waals surface area contributed by atoms with Gasteiger partial charge in [-0.25, -0.2) is 0 Å². The molecule has 3 rings (SSSR count). The minimum atomic E-state index is -1.44. The Morgan fingerprint density at radius 3 is 1.18 bits per heavy atom. The highest BCUT2D eigenvalue weighted by Gasteiger charge is 2.43. The van der Waals surface area contributed by atoms with Crippen LogP contribution in [0.5, 0.6) is 0 Å². The largest absolute Gasteiger partial charge is 0.394 e. The van der Waals surface area contributed by atoms with Gasteiger partial charge < -0.3 is 50.3 Å². The molecule has 10 nitrogen and oxygen atoms in total. The molecule has 0 radical (unpaired) electrons. The van der Waals surface area contributed by atoms with Crippen LogP contribution in [0.25, 0.3) is 0 Å². The smallest absolute Gasteiger partial charge is 0.147 e. The summed E-state index contributed by atoms with van der Waals surface area (Å²) in [5.41, 5.74) is 0. The number of hydrogen-bond acceptors (Lipinski definition) is 10. The average molecular weight is 485 g/mol. The molecule has 1 saturated carbocycles. The lowest BCUT2D eigenvalue weighted by molar-refractivity contribution is -0.214. The molecule has 192 valence electrons. The lowest BCUT2D eigenvalue weighted by atomic mass is 9.85. The van der Waals surface area contributed by atoms with Crippen LogP contribution in [-0.4, -0.2) is 115 Å². The number of aliphatic hydroxyl groups is 8. The van der Waals surface area contributed by atoms with Crippen molar-refractivity contribution in [1.82, 2.24) is 0 Å². The molecule has 0 aromatic carbocycles. The minimum Gasteiger partial charge on any atom is -0.394 e. The summed E-state index contributed by atoms with van der Waals surface area (Å²) in [6.07, 6.45) is -7.40. The minimum absolute atomic E-state index is 0.0757. The second-order valence-corrected chi connectivity index (χ2v) is 9.33. The average Bonchev–Trinajstić information content (AvgIpc) is 2.82. The molecule has 3 fully saturated rings. The monoisotopic (exact) mass is 484 g/mol. The van der Waals surface area contributed by atoms with E-state index in [2.05, 4.69) is 23.7 Å². The van der Waals surface area contributed by atoms with Gasteiger partial charge in [-0.2, -0.15) is 0 Å². The Bertz CT molecular complexity index is 693. The van der Waals surface area contributed by atoms with Gasteiger partial charge in [0.2, 0.25) is 0 Å². The molecule has 0 spiro atoms. The molecule has 10 atom stereocenters. The summed E-state index contributed by atoms with van der Waals surface area (Å²) in [5, 5.41) is 78.4. The van der Waals surface area contributed by atoms with E-state index in [1.165, 1.54) is 0 Å². The summed E-state index contributed by atoms with van der Waals surface area (Å²) in [7, 11) is 0. The lowest BCUT2D eigenvalue weighted by Gasteiger charge is -2.38. The van der Waals surface area contributed by atoms with Crippen molar-refractivity contribution in [3.05, 3.63) is 0 Å². The van der Waals surface area contributed by atoms with Crippen LogP contribution >= 0.6 is 0 Å². The Hall–Kier alpha value is -1.28. The SMILES string of the molecule is OCC1OC(C#CC2CCCC(C#CC3OC(CO)C(O)C(O)C3O)CCC2)C(O)C(O)C1O. The molecule has 2 aliphatic heterocycles. The normalized spacial score (nSPS) is 45.6. The first-order valence-electron chi connectivity index (χ1n) is 11.9. The topological polar surface area (TPSA) is 180 Å². The van der Waals surface area contributed by atoms with Gasteiger partial charge in [0.25, 0.3) is 0 Å². The van der Waals surface area contributed by atoms with E-state index in [1.807, 2.05) is 0 Å². The first kappa shape index (κ1) is 27.3. The Balaban J connectivity index is 1.53. The van der Waals surface area contributed by atoms with Crippen LogP contribution in [0.3, 0.4) is 0 Å². The predicted octanol–water partition coefficient (Wildman–Crippen LogP) is -2.74. The molecular formula is C24H36O10. The van der Waals surface area contributed by atoms with E-state index in [0.717, 1.165) is 38.5 Å². The third-order valence-electron chi connectivity index (χ3n) is 6.85. The van der Waals surface area contributed by atoms with Crippen LogP contribution in [0.2, 0.25) is 0 Å². The molecular weight excluding hydrogens is 448 g/mol. The molecule has 8 N–H and O–H groups in total. The molecule has 1 aliphatic carbocycles. The summed E-state index contributed by atoms with van der Waals surface area (Å²) in [6, 6.07) is 0. The first-order valence-corrected chi connectivity index (χ1v) is 11.9. The summed E-state index contributed by atoms with van der Waals surface area (Å²) in [5.74, 6) is 12.1. The number of hydrogen-bond donors (Lipinski definition) is 8. The first-order chi connectivity index (χ1) is 16.3. The third kappa shape index (κ3) is 6.48. The highest BCUT2D eigenvalue weighted by atomic mass is 16.5. The van der Waals surface area contributed by atoms with Crippen LogP contribution in [-0.2, 0) is 9.47 Å². The highest BCUT2D eigenvalue weighted by Crippen LogP contribution is 2.27. The van der Waals surface area contributed by atoms with Crippen molar-refractivity contribution < 1.29 is 50.3 Å². The summed E-state index contributed by atoms with van der Waals surface area (Å²) >= 11 is 0. The van der Waals surface area contributed by atoms with E-state index in [4.69, 9.17) is 9.47 Å². The van der Waals surface area contributed by atoms with Crippen molar-refractivity contribution in [1.29, 1.82) is 0 Å². The second kappa shape index (κ2) is 12.6. The van der Waals surface area contributed by atoms with Crippen molar-refractivity contribution in [3.63, 3.8) is 0 Å². The van der Waals surface area contributed by atoms with E-state index >= 15 is 0 Å². The zero-order valence-corrected chi connectivity index (χ0v) is 19.0. The van der Waals surface area contributed by atoms with Crippen molar-refractivity contribution >= 4 is 0 Å². The molecule has 2 saturated heterocycles. The van der Waals surface area contributed by atoms with Crippen LogP contribution in [0, 0.1) is 35.5 Å². The molecule has 0 aromatic rings. The van der Waals surface area contributed by atoms with Gasteiger partial charge in [-0.1, -0.05) is 36.5 Å². The van der Waals surface area contributed by atoms with Gasteiger partial charge in [0.05, 0.1) is 13.2 Å². The summed E-state index contributed by atoms with van der Waals surface area (Å²) in [4.78, 5) is 0. The molecule has 0 bridgehead atoms. The number of ether oxygens (including phenoxy) is 2. The zero-order valence-electron chi connectivity index (χ0n) is 19.0. The van der Waals surface area contributed by atoms with Gasteiger partial charge >= 0.3 is 0 Å². The van der Waals surface area contributed by atoms with Gasteiger partial charge in [0, 0.05) is 11.8 Å². The lowest BCUT2D eigenvalue weighted by Crippen LogP contribution is -2.58. The molecule has 34 heavy (non-hydrogen) atoms. The Morgan fingerprint density at radius 2 is 0.853 bits per heavy atom. The van der Waals surface area contributed by atoms with Crippen LogP contribution in [0.1, 0.15) is 38.5 Å². The van der Waals surface area contributed by atoms with Crippen molar-refractivity contribution in [2.75, 3.05) is 13.2 Å². The maximum Gasteiger partial charge on any atom is 0.147 e. The maximum atomic E-state index is 10.1. The van der Waals surface area contributed by atoms with Crippen molar-refractivity contribution in [3.8, 4) is 23.7 Å². The molecule has 0 amide bonds. The van der Waals surface area contributed by atoms with Crippen molar-refractivity contribution in [2.45, 2.75) is 99.6 Å². The second-order valence-electron chi connectivity index (χ2n) is 9.33. The molecule has 2 heterocycles. The van der Waals surface area contributed by atoms with E-state index in [-0.39, 0.29) is 11.8 Å². The maximum absolute atomic E-state index is 10.1. The molecule has 0 aromatic heterocycles. The standard InChI is InChI=1S/C24H36O10/c25-11-17-21(29)23(31)19(27)15(33-17)9-7-13-3-1-4-14(6-2-5-13)8-10-16-20(28)24(32)22(30)18(12-26)34-16/h13-32H,1-6,11-12H2. The van der Waals surface area contributed by atoms with Crippen LogP contribution in [0.15, 0.2) is 0 Å². The third-order valence-corrected chi connectivity index (χ3v) is 6.85. The van der Waals surface area contributed by atoms with Crippen LogP contribution in [0.4, 0.5) is 0 Å². The van der Waals surface area contributed by atoms with Gasteiger partial charge in [0.1, 0.15) is 61.0 Å². The molecule has 10 unspecified atom stereocenters. The van der Waals surface area contributed by atoms with Gasteiger partial charge in [0.15, 0.2) is 0 Å². The fourth-order valence-electron chi connectivity index (χ4n) is 4.64. The number of rotatable bonds is 2. The molecule has 3 aliphatic rings. The Morgan fingerprint density at radius 1 is 0.500 bits per heavy atom. The summed E-state index contributed by atoms with van der Waals surface area (Å²) in [6.45, 7) is -0.976. The Labute approximate surface area is 199 Å². The van der Waals surface area contributed by atoms with Crippen molar-refractivity contribution in [2.24, 2.45) is 11.8 Å². The van der Waals surface area contributed by atoms with E-state index < -0.39 is 74.3 Å². The summed E-state index contributed by atoms with van der Waals surface area (Å²) < 4.78 is 10.9. The fourth-order valence-corrected chi connectivity index (χ4v) is 4.64. The van der Waals surface area contributed by atoms with Gasteiger partial charge in [-0.3, -0.25) is 0 Å². The van der Waals surface area contributed by atoms with Crippen LogP contribution < -0.4 is 0 Å². The number of aliphatic hydroxyl groups excluding tert-OH is 8. The fraction of sp³-hybridized carbons (Fsp3) is 0.833. The van der Waals surface area contributed by atoms with E-state index in [1.54, 1.807) is 0 Å². The van der Waals surface area contributed by atoms with E-state index in [0.29, 0.717) is 0 Å². The zero-order chi connectivity index (χ0) is 24.8. The predicted molar refractivity (Wildman–Crippen MR) is 118 cm³/mol. The van der Waals surface area contributed by atoms with Gasteiger partial charge in [-0.15, -0.1) is 0 Å². The Kier molecular flexibility index (Phi) is 10.1. The van der Waals surface area contributed by atoms with E-state index in [9.17, 15) is 40.9 Å². The highest BCUT2D eigenvalue weighted by molar-refractivity contribution is 5.16. The quantitative estimate of drug-likeness (QED) is 0.192. The van der Waals surface area contributed by atoms with Gasteiger partial charge in [-0.05, 0) is 25.7 Å².